The van der Waals surface area contributed by atoms with Crippen LogP contribution in [0.5, 0.6) is 0 Å². The fourth-order valence-electron chi connectivity index (χ4n) is 7.72. The van der Waals surface area contributed by atoms with Crippen molar-refractivity contribution in [3.63, 3.8) is 0 Å². The van der Waals surface area contributed by atoms with E-state index < -0.39 is 39.2 Å². The maximum Gasteiger partial charge on any atom is 0.339 e. The Morgan fingerprint density at radius 1 is 1.14 bits per heavy atom. The number of ether oxygens (including phenoxy) is 1. The van der Waals surface area contributed by atoms with Crippen LogP contribution >= 0.6 is 23.2 Å². The SMILES string of the molecule is C[C@]12C=CC(=O)C=C1CC[C@H]1[C@@H]3CC[C@](OC(=O)c4ccccc4)(C(=O)CCl)[C@@]3(C)C[C@H](F)[C@@]12Cl. The molecule has 7 atom stereocenters. The predicted octanol–water partition coefficient (Wildman–Crippen LogP) is 6.01. The molecule has 0 heterocycles. The Kier molecular flexibility index (Phi) is 5.84. The lowest BCUT2D eigenvalue weighted by atomic mass is 9.46. The van der Waals surface area contributed by atoms with Crippen molar-refractivity contribution in [2.24, 2.45) is 22.7 Å². The van der Waals surface area contributed by atoms with E-state index in [-0.39, 0.29) is 36.3 Å². The zero-order valence-corrected chi connectivity index (χ0v) is 21.4. The molecule has 3 saturated carbocycles. The van der Waals surface area contributed by atoms with Crippen LogP contribution in [-0.2, 0) is 14.3 Å². The van der Waals surface area contributed by atoms with Crippen molar-refractivity contribution in [3.8, 4) is 0 Å². The summed E-state index contributed by atoms with van der Waals surface area (Å²) in [5.74, 6) is -1.85. The first-order valence-corrected chi connectivity index (χ1v) is 13.1. The standard InChI is InChI=1S/C28H29Cl2FO4/c1-25-12-10-19(32)14-18(25)8-9-21-20-11-13-27(23(33)16-29,26(20,2)15-22(31)28(21,25)30)35-24(34)17-6-4-3-5-7-17/h3-7,10,12,14,20-22H,8-9,11,13,15-16H2,1-2H3/t20-,21-,22-,25-,26-,27-,28-/m0/s1. The quantitative estimate of drug-likeness (QED) is 0.361. The lowest BCUT2D eigenvalue weighted by Gasteiger charge is -2.63. The number of alkyl halides is 3. The maximum atomic E-state index is 16.5. The number of carbonyl (C=O) groups excluding carboxylic acids is 3. The van der Waals surface area contributed by atoms with Crippen molar-refractivity contribution >= 4 is 40.7 Å². The molecule has 0 bridgehead atoms. The summed E-state index contributed by atoms with van der Waals surface area (Å²) < 4.78 is 22.6. The molecule has 0 aromatic heterocycles. The smallest absolute Gasteiger partial charge is 0.339 e. The van der Waals surface area contributed by atoms with Gasteiger partial charge in [-0.3, -0.25) is 9.59 Å². The molecule has 7 heteroatoms. The van der Waals surface area contributed by atoms with Crippen LogP contribution in [0.3, 0.4) is 0 Å². The normalized spacial score (nSPS) is 41.9. The number of hydrogen-bond donors (Lipinski definition) is 0. The van der Waals surface area contributed by atoms with Gasteiger partial charge in [-0.25, -0.2) is 9.18 Å². The van der Waals surface area contributed by atoms with Crippen LogP contribution in [0.4, 0.5) is 4.39 Å². The first kappa shape index (κ1) is 24.7. The molecule has 35 heavy (non-hydrogen) atoms. The second-order valence-corrected chi connectivity index (χ2v) is 11.8. The van der Waals surface area contributed by atoms with E-state index in [1.807, 2.05) is 13.8 Å². The minimum atomic E-state index is -1.52. The van der Waals surface area contributed by atoms with Crippen LogP contribution in [0.25, 0.3) is 0 Å². The molecular weight excluding hydrogens is 490 g/mol. The monoisotopic (exact) mass is 518 g/mol. The van der Waals surface area contributed by atoms with E-state index in [2.05, 4.69) is 0 Å². The third kappa shape index (κ3) is 3.20. The Hall–Kier alpha value is -1.98. The number of rotatable bonds is 4. The zero-order chi connectivity index (χ0) is 25.2. The topological polar surface area (TPSA) is 60.4 Å². The zero-order valence-electron chi connectivity index (χ0n) is 19.9. The van der Waals surface area contributed by atoms with Gasteiger partial charge in [-0.2, -0.15) is 0 Å². The lowest BCUT2D eigenvalue weighted by Crippen LogP contribution is -2.68. The third-order valence-electron chi connectivity index (χ3n) is 9.57. The fourth-order valence-corrected chi connectivity index (χ4v) is 8.45. The molecule has 0 aliphatic heterocycles. The van der Waals surface area contributed by atoms with Gasteiger partial charge in [0.05, 0.1) is 16.3 Å². The Balaban J connectivity index is 1.57. The van der Waals surface area contributed by atoms with Crippen LogP contribution in [-0.4, -0.2) is 40.1 Å². The highest BCUT2D eigenvalue weighted by molar-refractivity contribution is 6.29. The number of fused-ring (bicyclic) bond motifs is 5. The maximum absolute atomic E-state index is 16.5. The van der Waals surface area contributed by atoms with Gasteiger partial charge in [-0.1, -0.05) is 43.7 Å². The number of hydrogen-bond acceptors (Lipinski definition) is 4. The first-order valence-electron chi connectivity index (χ1n) is 12.2. The predicted molar refractivity (Wildman–Crippen MR) is 132 cm³/mol. The van der Waals surface area contributed by atoms with E-state index in [9.17, 15) is 14.4 Å². The Labute approximate surface area is 214 Å². The molecule has 0 radical (unpaired) electrons. The number of benzene rings is 1. The number of esters is 1. The molecule has 5 rings (SSSR count). The summed E-state index contributed by atoms with van der Waals surface area (Å²) in [7, 11) is 0. The van der Waals surface area contributed by atoms with Crippen LogP contribution in [0.2, 0.25) is 0 Å². The third-order valence-corrected chi connectivity index (χ3v) is 10.7. The molecule has 4 aliphatic carbocycles. The molecule has 1 aromatic carbocycles. The van der Waals surface area contributed by atoms with Crippen LogP contribution in [0.1, 0.15) is 56.3 Å². The van der Waals surface area contributed by atoms with Crippen molar-refractivity contribution in [1.82, 2.24) is 0 Å². The van der Waals surface area contributed by atoms with Crippen molar-refractivity contribution in [2.75, 3.05) is 5.88 Å². The summed E-state index contributed by atoms with van der Waals surface area (Å²) in [6.45, 7) is 3.78. The molecule has 186 valence electrons. The molecular formula is C28H29Cl2FO4. The van der Waals surface area contributed by atoms with Gasteiger partial charge < -0.3 is 4.74 Å². The minimum absolute atomic E-state index is 0.0347. The Morgan fingerprint density at radius 2 is 1.86 bits per heavy atom. The van der Waals surface area contributed by atoms with Crippen LogP contribution < -0.4 is 0 Å². The Morgan fingerprint density at radius 3 is 2.54 bits per heavy atom. The van der Waals surface area contributed by atoms with E-state index in [1.54, 1.807) is 42.5 Å². The molecule has 4 nitrogen and oxygen atoms in total. The number of halogens is 3. The van der Waals surface area contributed by atoms with E-state index in [1.165, 1.54) is 6.08 Å². The van der Waals surface area contributed by atoms with Crippen molar-refractivity contribution in [2.45, 2.75) is 62.6 Å². The summed E-state index contributed by atoms with van der Waals surface area (Å²) in [6, 6.07) is 8.50. The molecule has 0 spiro atoms. The number of Topliss-reactive ketones (excluding diaryl/α,β-unsaturated/α-hetero) is 1. The summed E-state index contributed by atoms with van der Waals surface area (Å²) in [5, 5.41) is 0. The highest BCUT2D eigenvalue weighted by Gasteiger charge is 2.74. The molecule has 0 N–H and O–H groups in total. The molecule has 1 aromatic rings. The second-order valence-electron chi connectivity index (χ2n) is 10.9. The number of carbonyl (C=O) groups is 3. The highest BCUT2D eigenvalue weighted by atomic mass is 35.5. The van der Waals surface area contributed by atoms with Gasteiger partial charge >= 0.3 is 5.97 Å². The van der Waals surface area contributed by atoms with Gasteiger partial charge in [0.25, 0.3) is 0 Å². The lowest BCUT2D eigenvalue weighted by molar-refractivity contribution is -0.165. The number of allylic oxidation sites excluding steroid dienone is 4. The average Bonchev–Trinajstić information content (AvgIpc) is 3.13. The average molecular weight is 519 g/mol. The van der Waals surface area contributed by atoms with Crippen molar-refractivity contribution < 1.29 is 23.5 Å². The van der Waals surface area contributed by atoms with Gasteiger partial charge in [0.15, 0.2) is 17.2 Å². The van der Waals surface area contributed by atoms with Gasteiger partial charge in [0.2, 0.25) is 0 Å². The van der Waals surface area contributed by atoms with E-state index in [4.69, 9.17) is 27.9 Å². The minimum Gasteiger partial charge on any atom is -0.447 e. The molecule has 0 unspecified atom stereocenters. The number of ketones is 2. The van der Waals surface area contributed by atoms with Crippen molar-refractivity contribution in [3.05, 3.63) is 59.7 Å². The van der Waals surface area contributed by atoms with Crippen LogP contribution in [0.15, 0.2) is 54.1 Å². The summed E-state index contributed by atoms with van der Waals surface area (Å²) in [4.78, 5) is 37.4. The van der Waals surface area contributed by atoms with Gasteiger partial charge in [-0.05, 0) is 68.2 Å². The van der Waals surface area contributed by atoms with E-state index >= 15 is 4.39 Å². The van der Waals surface area contributed by atoms with E-state index in [0.29, 0.717) is 24.8 Å². The fraction of sp³-hybridized carbons (Fsp3) is 0.536. The van der Waals surface area contributed by atoms with Crippen LogP contribution in [0, 0.1) is 22.7 Å². The Bertz CT molecular complexity index is 1150. The highest BCUT2D eigenvalue weighted by Crippen LogP contribution is 2.71. The molecule has 3 fully saturated rings. The van der Waals surface area contributed by atoms with Gasteiger partial charge in [0, 0.05) is 10.8 Å². The summed E-state index contributed by atoms with van der Waals surface area (Å²) >= 11 is 13.4. The van der Waals surface area contributed by atoms with Crippen molar-refractivity contribution in [1.29, 1.82) is 0 Å². The van der Waals surface area contributed by atoms with E-state index in [0.717, 1.165) is 5.57 Å². The molecule has 0 amide bonds. The van der Waals surface area contributed by atoms with Gasteiger partial charge in [-0.15, -0.1) is 23.2 Å². The molecule has 0 saturated heterocycles. The summed E-state index contributed by atoms with van der Waals surface area (Å²) in [6.07, 6.45) is 5.40. The summed E-state index contributed by atoms with van der Waals surface area (Å²) in [5.41, 5.74) is -2.10. The first-order chi connectivity index (χ1) is 16.5. The molecule has 4 aliphatic rings. The largest absolute Gasteiger partial charge is 0.447 e. The van der Waals surface area contributed by atoms with Gasteiger partial charge in [0.1, 0.15) is 6.17 Å². The second kappa shape index (κ2) is 8.27.